The summed E-state index contributed by atoms with van der Waals surface area (Å²) in [5.41, 5.74) is 3.34. The van der Waals surface area contributed by atoms with Crippen LogP contribution in [0.4, 0.5) is 5.69 Å². The number of nitrogens with one attached hydrogen (secondary N) is 1. The van der Waals surface area contributed by atoms with Gasteiger partial charge >= 0.3 is 0 Å². The van der Waals surface area contributed by atoms with E-state index < -0.39 is 0 Å². The second-order valence-corrected chi connectivity index (χ2v) is 6.22. The number of rotatable bonds is 6. The summed E-state index contributed by atoms with van der Waals surface area (Å²) in [7, 11) is 2.04. The van der Waals surface area contributed by atoms with Crippen molar-refractivity contribution < 1.29 is 0 Å². The third kappa shape index (κ3) is 3.01. The van der Waals surface area contributed by atoms with Gasteiger partial charge in [0, 0.05) is 24.8 Å². The topological polar surface area (TPSA) is 15.3 Å². The van der Waals surface area contributed by atoms with E-state index in [4.69, 9.17) is 0 Å². The Morgan fingerprint density at radius 2 is 1.80 bits per heavy atom. The number of anilines is 1. The summed E-state index contributed by atoms with van der Waals surface area (Å²) in [6, 6.07) is 9.66. The van der Waals surface area contributed by atoms with Crippen molar-refractivity contribution in [1.82, 2.24) is 5.32 Å². The van der Waals surface area contributed by atoms with Gasteiger partial charge in [0.2, 0.25) is 0 Å². The fraction of sp³-hybridized carbons (Fsp3) is 0.667. The minimum Gasteiger partial charge on any atom is -0.371 e. The van der Waals surface area contributed by atoms with Crippen LogP contribution in [0.15, 0.2) is 24.3 Å². The molecule has 1 heterocycles. The summed E-state index contributed by atoms with van der Waals surface area (Å²) < 4.78 is 0. The highest BCUT2D eigenvalue weighted by Crippen LogP contribution is 2.39. The Bertz CT molecular complexity index is 402. The van der Waals surface area contributed by atoms with E-state index in [0.717, 1.165) is 6.42 Å². The molecule has 1 atom stereocenters. The molecule has 20 heavy (non-hydrogen) atoms. The maximum atomic E-state index is 3.37. The summed E-state index contributed by atoms with van der Waals surface area (Å²) >= 11 is 0. The largest absolute Gasteiger partial charge is 0.371 e. The Morgan fingerprint density at radius 3 is 2.25 bits per heavy atom. The molecule has 1 aromatic rings. The molecule has 2 nitrogen and oxygen atoms in total. The molecule has 0 aromatic heterocycles. The number of hydrogen-bond acceptors (Lipinski definition) is 2. The molecule has 0 radical (unpaired) electrons. The van der Waals surface area contributed by atoms with E-state index in [0.29, 0.717) is 11.5 Å². The lowest BCUT2D eigenvalue weighted by Gasteiger charge is -2.27. The summed E-state index contributed by atoms with van der Waals surface area (Å²) in [4.78, 5) is 2.57. The Balaban J connectivity index is 2.08. The first-order valence-corrected chi connectivity index (χ1v) is 8.20. The zero-order chi connectivity index (χ0) is 14.6. The molecule has 0 saturated carbocycles. The Labute approximate surface area is 124 Å². The van der Waals surface area contributed by atoms with Gasteiger partial charge in [-0.3, -0.25) is 0 Å². The van der Waals surface area contributed by atoms with Crippen LogP contribution < -0.4 is 10.2 Å². The van der Waals surface area contributed by atoms with E-state index in [9.17, 15) is 0 Å². The quantitative estimate of drug-likeness (QED) is 0.828. The van der Waals surface area contributed by atoms with Crippen molar-refractivity contribution in [3.63, 3.8) is 0 Å². The van der Waals surface area contributed by atoms with Gasteiger partial charge in [0.15, 0.2) is 0 Å². The first kappa shape index (κ1) is 15.4. The fourth-order valence-electron chi connectivity index (χ4n) is 3.51. The lowest BCUT2D eigenvalue weighted by molar-refractivity contribution is 0.301. The Kier molecular flexibility index (Phi) is 5.09. The second-order valence-electron chi connectivity index (χ2n) is 6.22. The van der Waals surface area contributed by atoms with Crippen molar-refractivity contribution in [3.05, 3.63) is 29.8 Å². The van der Waals surface area contributed by atoms with Crippen LogP contribution in [-0.4, -0.2) is 20.1 Å². The minimum absolute atomic E-state index is 0.480. The van der Waals surface area contributed by atoms with E-state index in [1.54, 1.807) is 0 Å². The second kappa shape index (κ2) is 6.62. The molecule has 1 aliphatic rings. The molecule has 1 aliphatic heterocycles. The van der Waals surface area contributed by atoms with E-state index in [2.05, 4.69) is 55.3 Å². The molecule has 1 aromatic carbocycles. The zero-order valence-corrected chi connectivity index (χ0v) is 13.6. The van der Waals surface area contributed by atoms with Crippen LogP contribution in [0, 0.1) is 5.41 Å². The van der Waals surface area contributed by atoms with Crippen molar-refractivity contribution >= 4 is 5.69 Å². The van der Waals surface area contributed by atoms with Crippen LogP contribution in [0.3, 0.4) is 0 Å². The van der Waals surface area contributed by atoms with Crippen LogP contribution in [-0.2, 0) is 0 Å². The predicted molar refractivity (Wildman–Crippen MR) is 88.4 cm³/mol. The maximum Gasteiger partial charge on any atom is 0.0366 e. The van der Waals surface area contributed by atoms with Crippen LogP contribution in [0.25, 0.3) is 0 Å². The van der Waals surface area contributed by atoms with Gasteiger partial charge in [-0.25, -0.2) is 0 Å². The summed E-state index contributed by atoms with van der Waals surface area (Å²) in [5, 5.41) is 3.37. The third-order valence-corrected chi connectivity index (χ3v) is 5.36. The van der Waals surface area contributed by atoms with Crippen LogP contribution in [0.1, 0.15) is 58.1 Å². The molecular weight excluding hydrogens is 244 g/mol. The average Bonchev–Trinajstić information content (AvgIpc) is 2.94. The van der Waals surface area contributed by atoms with Crippen LogP contribution >= 0.6 is 0 Å². The molecule has 2 heteroatoms. The molecule has 0 bridgehead atoms. The SMILES string of the molecule is CCC(NC)c1ccc(N2CCC(CC)(CC)C2)cc1. The highest BCUT2D eigenvalue weighted by molar-refractivity contribution is 5.49. The number of hydrogen-bond donors (Lipinski definition) is 1. The molecule has 0 amide bonds. The molecule has 0 aliphatic carbocycles. The lowest BCUT2D eigenvalue weighted by Crippen LogP contribution is -2.26. The Morgan fingerprint density at radius 1 is 1.15 bits per heavy atom. The molecule has 1 saturated heterocycles. The summed E-state index contributed by atoms with van der Waals surface area (Å²) in [5.74, 6) is 0. The van der Waals surface area contributed by atoms with Crippen molar-refractivity contribution in [1.29, 1.82) is 0 Å². The third-order valence-electron chi connectivity index (χ3n) is 5.36. The number of nitrogens with zero attached hydrogens (tertiary/aromatic N) is 1. The lowest BCUT2D eigenvalue weighted by atomic mass is 9.82. The average molecular weight is 274 g/mol. The summed E-state index contributed by atoms with van der Waals surface area (Å²) in [6.07, 6.45) is 5.08. The maximum absolute atomic E-state index is 3.37. The monoisotopic (exact) mass is 274 g/mol. The van der Waals surface area contributed by atoms with E-state index >= 15 is 0 Å². The molecule has 1 unspecified atom stereocenters. The van der Waals surface area contributed by atoms with Gasteiger partial charge in [0.05, 0.1) is 0 Å². The van der Waals surface area contributed by atoms with Gasteiger partial charge in [-0.05, 0) is 55.8 Å². The normalized spacial score (nSPS) is 19.3. The fourth-order valence-corrected chi connectivity index (χ4v) is 3.51. The minimum atomic E-state index is 0.480. The molecular formula is C18H30N2. The highest BCUT2D eigenvalue weighted by atomic mass is 15.2. The van der Waals surface area contributed by atoms with Crippen molar-refractivity contribution in [2.75, 3.05) is 25.0 Å². The first-order valence-electron chi connectivity index (χ1n) is 8.20. The molecule has 2 rings (SSSR count). The molecule has 0 spiro atoms. The molecule has 112 valence electrons. The van der Waals surface area contributed by atoms with E-state index in [1.165, 1.54) is 43.6 Å². The van der Waals surface area contributed by atoms with Crippen LogP contribution in [0.2, 0.25) is 0 Å². The Hall–Kier alpha value is -1.02. The van der Waals surface area contributed by atoms with Crippen LogP contribution in [0.5, 0.6) is 0 Å². The molecule has 1 fully saturated rings. The standard InChI is InChI=1S/C18H30N2/c1-5-17(19-4)15-8-10-16(11-9-15)20-13-12-18(6-2,7-3)14-20/h8-11,17,19H,5-7,12-14H2,1-4H3. The van der Waals surface area contributed by atoms with Crippen molar-refractivity contribution in [2.45, 2.75) is 52.5 Å². The van der Waals surface area contributed by atoms with Gasteiger partial charge in [-0.2, -0.15) is 0 Å². The van der Waals surface area contributed by atoms with Gasteiger partial charge < -0.3 is 10.2 Å². The van der Waals surface area contributed by atoms with Gasteiger partial charge in [0.1, 0.15) is 0 Å². The van der Waals surface area contributed by atoms with Crippen molar-refractivity contribution in [2.24, 2.45) is 5.41 Å². The smallest absolute Gasteiger partial charge is 0.0366 e. The van der Waals surface area contributed by atoms with Gasteiger partial charge in [0.25, 0.3) is 0 Å². The zero-order valence-electron chi connectivity index (χ0n) is 13.6. The van der Waals surface area contributed by atoms with Crippen molar-refractivity contribution in [3.8, 4) is 0 Å². The summed E-state index contributed by atoms with van der Waals surface area (Å²) in [6.45, 7) is 9.35. The highest BCUT2D eigenvalue weighted by Gasteiger charge is 2.34. The molecule has 1 N–H and O–H groups in total. The predicted octanol–water partition coefficient (Wildman–Crippen LogP) is 4.37. The van der Waals surface area contributed by atoms with E-state index in [-0.39, 0.29) is 0 Å². The van der Waals surface area contributed by atoms with Gasteiger partial charge in [-0.1, -0.05) is 32.9 Å². The van der Waals surface area contributed by atoms with E-state index in [1.807, 2.05) is 7.05 Å². The van der Waals surface area contributed by atoms with Gasteiger partial charge in [-0.15, -0.1) is 0 Å². The number of benzene rings is 1. The first-order chi connectivity index (χ1) is 9.68.